The van der Waals surface area contributed by atoms with Crippen LogP contribution < -0.4 is 0 Å². The molecule has 0 heterocycles. The fraction of sp³-hybridized carbons (Fsp3) is 0.955. The number of unbranched alkanes of at least 4 members (excludes halogenated alkanes) is 57. The number of carbonyl (C=O) groups is 4. The van der Waals surface area contributed by atoms with E-state index in [1.54, 1.807) is 0 Å². The van der Waals surface area contributed by atoms with E-state index in [1.807, 2.05) is 0 Å². The van der Waals surface area contributed by atoms with Crippen molar-refractivity contribution in [1.82, 2.24) is 0 Å². The van der Waals surface area contributed by atoms with E-state index in [0.29, 0.717) is 25.7 Å². The van der Waals surface area contributed by atoms with Gasteiger partial charge in [0.05, 0.1) is 26.4 Å². The van der Waals surface area contributed by atoms with Gasteiger partial charge in [-0.1, -0.05) is 427 Å². The van der Waals surface area contributed by atoms with Crippen molar-refractivity contribution in [1.29, 1.82) is 0 Å². The molecule has 0 saturated heterocycles. The number of carbonyl (C=O) groups excluding carboxylic acids is 4. The summed E-state index contributed by atoms with van der Waals surface area (Å²) >= 11 is 0. The maximum Gasteiger partial charge on any atom is 0.472 e. The minimum atomic E-state index is -4.97. The molecule has 19 heteroatoms. The molecule has 0 rings (SSSR count). The Kier molecular flexibility index (Phi) is 78.8. The summed E-state index contributed by atoms with van der Waals surface area (Å²) in [5.41, 5.74) is 0. The van der Waals surface area contributed by atoms with Crippen LogP contribution in [0, 0.1) is 11.8 Å². The van der Waals surface area contributed by atoms with Gasteiger partial charge in [-0.05, 0) is 37.5 Å². The summed E-state index contributed by atoms with van der Waals surface area (Å²) in [6, 6.07) is 0. The van der Waals surface area contributed by atoms with Gasteiger partial charge in [-0.3, -0.25) is 37.3 Å². The number of aliphatic hydroxyl groups is 1. The van der Waals surface area contributed by atoms with Crippen molar-refractivity contribution in [3.63, 3.8) is 0 Å². The number of rotatable bonds is 88. The van der Waals surface area contributed by atoms with Gasteiger partial charge in [0.2, 0.25) is 0 Å². The molecule has 0 aromatic carbocycles. The first-order valence-corrected chi connectivity index (χ1v) is 49.0. The van der Waals surface area contributed by atoms with Crippen molar-refractivity contribution in [3.8, 4) is 0 Å². The summed E-state index contributed by atoms with van der Waals surface area (Å²) < 4.78 is 69.0. The number of aliphatic hydroxyl groups excluding tert-OH is 1. The van der Waals surface area contributed by atoms with E-state index in [-0.39, 0.29) is 25.7 Å². The molecule has 0 aliphatic heterocycles. The fourth-order valence-electron chi connectivity index (χ4n) is 13.9. The molecule has 0 spiro atoms. The summed E-state index contributed by atoms with van der Waals surface area (Å²) in [7, 11) is -9.93. The van der Waals surface area contributed by atoms with Crippen LogP contribution in [0.5, 0.6) is 0 Å². The van der Waals surface area contributed by atoms with E-state index in [0.717, 1.165) is 102 Å². The maximum absolute atomic E-state index is 13.2. The Morgan fingerprint density at radius 3 is 0.704 bits per heavy atom. The van der Waals surface area contributed by atoms with Crippen molar-refractivity contribution in [2.24, 2.45) is 11.8 Å². The Morgan fingerprint density at radius 1 is 0.269 bits per heavy atom. The fourth-order valence-corrected chi connectivity index (χ4v) is 15.5. The Balaban J connectivity index is 5.23. The molecule has 642 valence electrons. The van der Waals surface area contributed by atoms with Gasteiger partial charge in [0.25, 0.3) is 0 Å². The smallest absolute Gasteiger partial charge is 0.462 e. The monoisotopic (exact) mass is 1580 g/mol. The first kappa shape index (κ1) is 106. The average Bonchev–Trinajstić information content (AvgIpc) is 0.899. The lowest BCUT2D eigenvalue weighted by atomic mass is 9.99. The van der Waals surface area contributed by atoms with Gasteiger partial charge in [0.15, 0.2) is 12.2 Å². The topological polar surface area (TPSA) is 237 Å². The lowest BCUT2D eigenvalue weighted by molar-refractivity contribution is -0.161. The van der Waals surface area contributed by atoms with Crippen molar-refractivity contribution >= 4 is 39.5 Å². The largest absolute Gasteiger partial charge is 0.472 e. The molecule has 3 N–H and O–H groups in total. The van der Waals surface area contributed by atoms with Crippen LogP contribution in [0.3, 0.4) is 0 Å². The van der Waals surface area contributed by atoms with Crippen LogP contribution in [-0.4, -0.2) is 96.7 Å². The summed E-state index contributed by atoms with van der Waals surface area (Å²) in [6.07, 6.45) is 73.5. The summed E-state index contributed by atoms with van der Waals surface area (Å²) in [5.74, 6) is -0.431. The molecule has 0 fully saturated rings. The van der Waals surface area contributed by atoms with Crippen LogP contribution >= 0.6 is 15.6 Å². The van der Waals surface area contributed by atoms with E-state index in [9.17, 15) is 43.2 Å². The van der Waals surface area contributed by atoms with Crippen molar-refractivity contribution < 1.29 is 80.2 Å². The standard InChI is InChI=1S/C89H174O17P2/c1-7-10-12-14-16-18-20-21-22-23-27-30-36-42-48-54-60-66-72-87(92)100-78-85(106-88(93)73-67-61-55-49-43-37-31-28-25-24-26-29-35-41-46-52-58-64-70-82(6)9-3)80-104-108(97,98)102-76-83(90)75-101-107(95,96)103-79-84(77-99-86(91)71-65-59-53-47-39-19-17-15-13-11-8-2)105-89(94)74-68-62-56-50-44-38-33-32-34-40-45-51-57-63-69-81(4)5/h81-85,90H,7-80H2,1-6H3,(H,95,96)(H,97,98)/t82?,83-,84+,85+/m0/s1. The molecule has 3 unspecified atom stereocenters. The molecule has 6 atom stereocenters. The van der Waals surface area contributed by atoms with E-state index < -0.39 is 97.5 Å². The Morgan fingerprint density at radius 2 is 0.472 bits per heavy atom. The van der Waals surface area contributed by atoms with Crippen LogP contribution in [0.15, 0.2) is 0 Å². The number of phosphoric ester groups is 2. The predicted molar refractivity (Wildman–Crippen MR) is 446 cm³/mol. The molecule has 0 aromatic heterocycles. The molecular weight excluding hydrogens is 1400 g/mol. The first-order chi connectivity index (χ1) is 52.4. The molecule has 0 saturated carbocycles. The predicted octanol–water partition coefficient (Wildman–Crippen LogP) is 27.4. The molecule has 0 aliphatic rings. The third-order valence-corrected chi connectivity index (χ3v) is 23.2. The zero-order chi connectivity index (χ0) is 79.2. The van der Waals surface area contributed by atoms with E-state index in [1.165, 1.54) is 295 Å². The molecule has 0 radical (unpaired) electrons. The summed E-state index contributed by atoms with van der Waals surface area (Å²) in [4.78, 5) is 73.3. The molecule has 108 heavy (non-hydrogen) atoms. The van der Waals surface area contributed by atoms with Crippen LogP contribution in [-0.2, 0) is 65.4 Å². The minimum Gasteiger partial charge on any atom is -0.462 e. The number of hydrogen-bond acceptors (Lipinski definition) is 15. The average molecular weight is 1580 g/mol. The van der Waals surface area contributed by atoms with Crippen LogP contribution in [0.25, 0.3) is 0 Å². The Labute approximate surface area is 664 Å². The highest BCUT2D eigenvalue weighted by Crippen LogP contribution is 2.45. The van der Waals surface area contributed by atoms with Crippen molar-refractivity contribution in [3.05, 3.63) is 0 Å². The highest BCUT2D eigenvalue weighted by molar-refractivity contribution is 7.47. The molecular formula is C89H174O17P2. The normalized spacial score (nSPS) is 14.0. The quantitative estimate of drug-likeness (QED) is 0.0222. The minimum absolute atomic E-state index is 0.108. The van der Waals surface area contributed by atoms with Gasteiger partial charge in [-0.25, -0.2) is 9.13 Å². The second-order valence-electron chi connectivity index (χ2n) is 32.7. The first-order valence-electron chi connectivity index (χ1n) is 46.0. The van der Waals surface area contributed by atoms with Gasteiger partial charge in [0.1, 0.15) is 19.3 Å². The van der Waals surface area contributed by atoms with Gasteiger partial charge in [-0.15, -0.1) is 0 Å². The summed E-state index contributed by atoms with van der Waals surface area (Å²) in [5, 5.41) is 10.7. The molecule has 0 amide bonds. The number of esters is 4. The molecule has 0 aromatic rings. The van der Waals surface area contributed by atoms with Gasteiger partial charge < -0.3 is 33.8 Å². The van der Waals surface area contributed by atoms with Crippen LogP contribution in [0.2, 0.25) is 0 Å². The van der Waals surface area contributed by atoms with E-state index in [4.69, 9.17) is 37.0 Å². The van der Waals surface area contributed by atoms with E-state index in [2.05, 4.69) is 41.5 Å². The van der Waals surface area contributed by atoms with Gasteiger partial charge in [-0.2, -0.15) is 0 Å². The third kappa shape index (κ3) is 80.7. The SMILES string of the molecule is CCCCCCCCCCCCCCCCCCCCC(=O)OC[C@H](COP(=O)(O)OC[C@@H](O)COP(=O)(O)OC[C@@H](COC(=O)CCCCCCCCCCCCC)OC(=O)CCCCCCCCCCCCCCCCC(C)C)OC(=O)CCCCCCCCCCCCCCCCCCCCC(C)CC. The third-order valence-electron chi connectivity index (χ3n) is 21.3. The van der Waals surface area contributed by atoms with Crippen molar-refractivity contribution in [2.45, 2.75) is 496 Å². The second-order valence-corrected chi connectivity index (χ2v) is 35.6. The van der Waals surface area contributed by atoms with Crippen LogP contribution in [0.4, 0.5) is 0 Å². The second kappa shape index (κ2) is 80.3. The number of phosphoric acid groups is 2. The summed E-state index contributed by atoms with van der Waals surface area (Å²) in [6.45, 7) is 9.78. The highest BCUT2D eigenvalue weighted by atomic mass is 31.2. The zero-order valence-electron chi connectivity index (χ0n) is 71.2. The zero-order valence-corrected chi connectivity index (χ0v) is 73.0. The Hall–Kier alpha value is -1.94. The molecule has 0 aliphatic carbocycles. The van der Waals surface area contributed by atoms with E-state index >= 15 is 0 Å². The lowest BCUT2D eigenvalue weighted by Crippen LogP contribution is -2.30. The van der Waals surface area contributed by atoms with Crippen LogP contribution in [0.1, 0.15) is 478 Å². The highest BCUT2D eigenvalue weighted by Gasteiger charge is 2.31. The number of hydrogen-bond donors (Lipinski definition) is 3. The molecule has 0 bridgehead atoms. The Bertz CT molecular complexity index is 2070. The van der Waals surface area contributed by atoms with Gasteiger partial charge >= 0.3 is 39.5 Å². The van der Waals surface area contributed by atoms with Crippen molar-refractivity contribution in [2.75, 3.05) is 39.6 Å². The molecule has 17 nitrogen and oxygen atoms in total. The van der Waals surface area contributed by atoms with Gasteiger partial charge in [0, 0.05) is 25.7 Å². The maximum atomic E-state index is 13.2. The number of ether oxygens (including phenoxy) is 4. The lowest BCUT2D eigenvalue weighted by Gasteiger charge is -2.21.